The van der Waals surface area contributed by atoms with E-state index < -0.39 is 5.92 Å². The smallest absolute Gasteiger partial charge is 0.317 e. The Morgan fingerprint density at radius 2 is 1.84 bits per heavy atom. The quantitative estimate of drug-likeness (QED) is 0.383. The standard InChI is InChI=1S/C22H32O3/c1-5-9-19(21(23)17-10-7-6-8-11-17)22(24)25-20-14-16(4)12-13-18(20)15(2)3/h6-8,10-11,15-16,18-20H,5,9,12-14H2,1-4H3/t16-,18-,19+,20-/m1/s1. The highest BCUT2D eigenvalue weighted by Crippen LogP contribution is 2.36. The summed E-state index contributed by atoms with van der Waals surface area (Å²) in [6.07, 6.45) is 4.47. The maximum atomic E-state index is 12.8. The molecular formula is C22H32O3. The van der Waals surface area contributed by atoms with Crippen LogP contribution < -0.4 is 0 Å². The summed E-state index contributed by atoms with van der Waals surface area (Å²) in [4.78, 5) is 25.6. The molecule has 1 fully saturated rings. The van der Waals surface area contributed by atoms with Gasteiger partial charge in [0.15, 0.2) is 5.78 Å². The van der Waals surface area contributed by atoms with Crippen molar-refractivity contribution in [1.29, 1.82) is 0 Å². The van der Waals surface area contributed by atoms with Gasteiger partial charge in [0.05, 0.1) is 0 Å². The second-order valence-electron chi connectivity index (χ2n) is 7.87. The number of Topliss-reactive ketones (excluding diaryl/α,β-unsaturated/α-hetero) is 1. The topological polar surface area (TPSA) is 43.4 Å². The molecule has 3 nitrogen and oxygen atoms in total. The maximum Gasteiger partial charge on any atom is 0.317 e. The van der Waals surface area contributed by atoms with Crippen LogP contribution in [0.5, 0.6) is 0 Å². The molecule has 0 heterocycles. The third kappa shape index (κ3) is 5.17. The molecule has 0 amide bonds. The van der Waals surface area contributed by atoms with Gasteiger partial charge in [0.25, 0.3) is 0 Å². The van der Waals surface area contributed by atoms with Crippen molar-refractivity contribution in [3.63, 3.8) is 0 Å². The summed E-state index contributed by atoms with van der Waals surface area (Å²) in [7, 11) is 0. The van der Waals surface area contributed by atoms with Crippen LogP contribution in [0.15, 0.2) is 30.3 Å². The number of hydrogen-bond donors (Lipinski definition) is 0. The van der Waals surface area contributed by atoms with E-state index in [1.165, 1.54) is 6.42 Å². The number of benzene rings is 1. The lowest BCUT2D eigenvalue weighted by Gasteiger charge is -2.37. The van der Waals surface area contributed by atoms with Crippen LogP contribution in [-0.4, -0.2) is 17.9 Å². The van der Waals surface area contributed by atoms with Crippen molar-refractivity contribution in [2.75, 3.05) is 0 Å². The molecule has 4 atom stereocenters. The monoisotopic (exact) mass is 344 g/mol. The van der Waals surface area contributed by atoms with Crippen molar-refractivity contribution in [2.45, 2.75) is 65.9 Å². The van der Waals surface area contributed by atoms with Gasteiger partial charge in [0.2, 0.25) is 0 Å². The van der Waals surface area contributed by atoms with Crippen molar-refractivity contribution in [1.82, 2.24) is 0 Å². The summed E-state index contributed by atoms with van der Waals surface area (Å²) in [6.45, 7) is 8.61. The molecule has 0 N–H and O–H groups in total. The van der Waals surface area contributed by atoms with Gasteiger partial charge in [-0.05, 0) is 37.0 Å². The first-order valence-electron chi connectivity index (χ1n) is 9.73. The molecule has 25 heavy (non-hydrogen) atoms. The SMILES string of the molecule is CCC[C@H](C(=O)O[C@@H]1C[C@H](C)CC[C@@H]1C(C)C)C(=O)c1ccccc1. The molecule has 0 saturated heterocycles. The van der Waals surface area contributed by atoms with E-state index in [-0.39, 0.29) is 17.9 Å². The van der Waals surface area contributed by atoms with Crippen molar-refractivity contribution >= 4 is 11.8 Å². The van der Waals surface area contributed by atoms with Crippen LogP contribution >= 0.6 is 0 Å². The van der Waals surface area contributed by atoms with E-state index in [1.54, 1.807) is 12.1 Å². The first-order valence-corrected chi connectivity index (χ1v) is 9.73. The largest absolute Gasteiger partial charge is 0.462 e. The van der Waals surface area contributed by atoms with Gasteiger partial charge in [-0.15, -0.1) is 0 Å². The summed E-state index contributed by atoms with van der Waals surface area (Å²) < 4.78 is 5.93. The molecule has 1 saturated carbocycles. The Hall–Kier alpha value is -1.64. The summed E-state index contributed by atoms with van der Waals surface area (Å²) in [5.74, 6) is 0.326. The second-order valence-corrected chi connectivity index (χ2v) is 7.87. The maximum absolute atomic E-state index is 12.8. The molecule has 0 aliphatic heterocycles. The van der Waals surface area contributed by atoms with E-state index >= 15 is 0 Å². The van der Waals surface area contributed by atoms with Gasteiger partial charge < -0.3 is 4.74 Å². The lowest BCUT2D eigenvalue weighted by molar-refractivity contribution is -0.159. The molecule has 2 rings (SSSR count). The molecule has 0 unspecified atom stereocenters. The first kappa shape index (κ1) is 19.7. The molecule has 138 valence electrons. The fraction of sp³-hybridized carbons (Fsp3) is 0.636. The first-order chi connectivity index (χ1) is 11.9. The minimum absolute atomic E-state index is 0.0563. The zero-order chi connectivity index (χ0) is 18.4. The molecule has 0 radical (unpaired) electrons. The summed E-state index contributed by atoms with van der Waals surface area (Å²) in [5, 5.41) is 0. The average Bonchev–Trinajstić information content (AvgIpc) is 2.59. The van der Waals surface area contributed by atoms with Gasteiger partial charge in [0, 0.05) is 5.56 Å². The van der Waals surface area contributed by atoms with Gasteiger partial charge in [-0.25, -0.2) is 0 Å². The Morgan fingerprint density at radius 3 is 2.44 bits per heavy atom. The van der Waals surface area contributed by atoms with Crippen LogP contribution in [0.1, 0.15) is 70.2 Å². The van der Waals surface area contributed by atoms with E-state index in [0.717, 1.165) is 19.3 Å². The fourth-order valence-corrected chi connectivity index (χ4v) is 3.93. The molecule has 0 bridgehead atoms. The number of carbonyl (C=O) groups is 2. The summed E-state index contributed by atoms with van der Waals surface area (Å²) in [6, 6.07) is 9.09. The summed E-state index contributed by atoms with van der Waals surface area (Å²) >= 11 is 0. The highest BCUT2D eigenvalue weighted by Gasteiger charge is 2.36. The van der Waals surface area contributed by atoms with Gasteiger partial charge >= 0.3 is 5.97 Å². The van der Waals surface area contributed by atoms with E-state index in [2.05, 4.69) is 20.8 Å². The molecule has 1 aromatic rings. The van der Waals surface area contributed by atoms with Crippen LogP contribution in [0.3, 0.4) is 0 Å². The number of hydrogen-bond acceptors (Lipinski definition) is 3. The second kappa shape index (κ2) is 9.17. The Balaban J connectivity index is 2.12. The molecule has 0 spiro atoms. The third-order valence-corrected chi connectivity index (χ3v) is 5.47. The van der Waals surface area contributed by atoms with Crippen LogP contribution in [0.2, 0.25) is 0 Å². The molecule has 1 aromatic carbocycles. The van der Waals surface area contributed by atoms with E-state index in [9.17, 15) is 9.59 Å². The fourth-order valence-electron chi connectivity index (χ4n) is 3.93. The van der Waals surface area contributed by atoms with Gasteiger partial charge in [-0.3, -0.25) is 9.59 Å². The van der Waals surface area contributed by atoms with Crippen LogP contribution in [0, 0.1) is 23.7 Å². The van der Waals surface area contributed by atoms with E-state index in [0.29, 0.717) is 29.7 Å². The predicted molar refractivity (Wildman–Crippen MR) is 100 cm³/mol. The van der Waals surface area contributed by atoms with Gasteiger partial charge in [-0.1, -0.05) is 70.9 Å². The molecule has 0 aromatic heterocycles. The van der Waals surface area contributed by atoms with E-state index in [4.69, 9.17) is 4.74 Å². The van der Waals surface area contributed by atoms with Gasteiger partial charge in [0.1, 0.15) is 12.0 Å². The van der Waals surface area contributed by atoms with Crippen molar-refractivity contribution in [3.05, 3.63) is 35.9 Å². The van der Waals surface area contributed by atoms with Crippen molar-refractivity contribution in [2.24, 2.45) is 23.7 Å². The lowest BCUT2D eigenvalue weighted by Crippen LogP contribution is -2.38. The zero-order valence-corrected chi connectivity index (χ0v) is 16.0. The number of ether oxygens (including phenoxy) is 1. The lowest BCUT2D eigenvalue weighted by atomic mass is 9.75. The summed E-state index contributed by atoms with van der Waals surface area (Å²) in [5.41, 5.74) is 0.593. The Morgan fingerprint density at radius 1 is 1.16 bits per heavy atom. The molecule has 1 aliphatic rings. The van der Waals surface area contributed by atoms with E-state index in [1.807, 2.05) is 25.1 Å². The van der Waals surface area contributed by atoms with Crippen molar-refractivity contribution < 1.29 is 14.3 Å². The highest BCUT2D eigenvalue weighted by molar-refractivity contribution is 6.08. The number of esters is 1. The Kier molecular flexibility index (Phi) is 7.22. The van der Waals surface area contributed by atoms with Crippen molar-refractivity contribution in [3.8, 4) is 0 Å². The van der Waals surface area contributed by atoms with Gasteiger partial charge in [-0.2, -0.15) is 0 Å². The zero-order valence-electron chi connectivity index (χ0n) is 16.0. The number of rotatable bonds is 7. The minimum atomic E-state index is -0.683. The third-order valence-electron chi connectivity index (χ3n) is 5.47. The van der Waals surface area contributed by atoms with Crippen LogP contribution in [0.25, 0.3) is 0 Å². The molecule has 1 aliphatic carbocycles. The van der Waals surface area contributed by atoms with Crippen LogP contribution in [0.4, 0.5) is 0 Å². The predicted octanol–water partition coefficient (Wildman–Crippen LogP) is 5.29. The minimum Gasteiger partial charge on any atom is -0.462 e. The van der Waals surface area contributed by atoms with Crippen LogP contribution in [-0.2, 0) is 9.53 Å². The average molecular weight is 344 g/mol. The number of ketones is 1. The normalized spacial score (nSPS) is 24.8. The number of carbonyl (C=O) groups excluding carboxylic acids is 2. The Bertz CT molecular complexity index is 564. The molecular weight excluding hydrogens is 312 g/mol. The Labute approximate surface area is 152 Å². The highest BCUT2D eigenvalue weighted by atomic mass is 16.5. The molecule has 3 heteroatoms.